The SMILES string of the molecule is CCCCCCCCCCCCCCCCCCc1cc(O)ccc1S. The number of hydrogen-bond donors (Lipinski definition) is 2. The molecule has 2 heteroatoms. The quantitative estimate of drug-likeness (QED) is 0.206. The topological polar surface area (TPSA) is 20.2 Å². The van der Waals surface area contributed by atoms with Crippen LogP contribution in [0.3, 0.4) is 0 Å². The minimum atomic E-state index is 0.356. The van der Waals surface area contributed by atoms with Crippen molar-refractivity contribution in [3.8, 4) is 5.75 Å². The van der Waals surface area contributed by atoms with Crippen molar-refractivity contribution in [2.75, 3.05) is 0 Å². The van der Waals surface area contributed by atoms with Crippen LogP contribution in [0.25, 0.3) is 0 Å². The molecule has 0 atom stereocenters. The third kappa shape index (κ3) is 12.7. The second-order valence-electron chi connectivity index (χ2n) is 7.87. The van der Waals surface area contributed by atoms with Crippen LogP contribution in [0, 0.1) is 0 Å². The van der Waals surface area contributed by atoms with Gasteiger partial charge in [0, 0.05) is 4.90 Å². The number of unbranched alkanes of at least 4 members (excludes halogenated alkanes) is 15. The molecule has 0 fully saturated rings. The van der Waals surface area contributed by atoms with Crippen molar-refractivity contribution in [2.45, 2.75) is 121 Å². The maximum atomic E-state index is 9.54. The Bertz CT molecular complexity index is 444. The van der Waals surface area contributed by atoms with Crippen LogP contribution >= 0.6 is 12.6 Å². The van der Waals surface area contributed by atoms with Crippen molar-refractivity contribution in [1.29, 1.82) is 0 Å². The smallest absolute Gasteiger partial charge is 0.115 e. The molecule has 0 spiro atoms. The Balaban J connectivity index is 1.80. The molecule has 1 N–H and O–H groups in total. The first-order chi connectivity index (χ1) is 12.7. The molecule has 0 heterocycles. The van der Waals surface area contributed by atoms with Gasteiger partial charge >= 0.3 is 0 Å². The minimum absolute atomic E-state index is 0.356. The molecule has 0 aliphatic heterocycles. The second-order valence-corrected chi connectivity index (χ2v) is 8.35. The fraction of sp³-hybridized carbons (Fsp3) is 0.750. The molecule has 1 aromatic rings. The van der Waals surface area contributed by atoms with Crippen LogP contribution in [0.2, 0.25) is 0 Å². The third-order valence-corrected chi connectivity index (χ3v) is 5.80. The van der Waals surface area contributed by atoms with Crippen LogP contribution < -0.4 is 0 Å². The molecule has 26 heavy (non-hydrogen) atoms. The van der Waals surface area contributed by atoms with Gasteiger partial charge in [0.05, 0.1) is 0 Å². The Labute approximate surface area is 168 Å². The monoisotopic (exact) mass is 378 g/mol. The van der Waals surface area contributed by atoms with E-state index in [0.29, 0.717) is 5.75 Å². The lowest BCUT2D eigenvalue weighted by Crippen LogP contribution is -1.88. The van der Waals surface area contributed by atoms with E-state index in [-0.39, 0.29) is 0 Å². The number of rotatable bonds is 17. The summed E-state index contributed by atoms with van der Waals surface area (Å²) in [5.74, 6) is 0.356. The largest absolute Gasteiger partial charge is 0.508 e. The molecule has 0 unspecified atom stereocenters. The number of aromatic hydroxyl groups is 1. The van der Waals surface area contributed by atoms with Crippen molar-refractivity contribution in [3.63, 3.8) is 0 Å². The van der Waals surface area contributed by atoms with Crippen molar-refractivity contribution in [1.82, 2.24) is 0 Å². The van der Waals surface area contributed by atoms with Crippen LogP contribution in [0.5, 0.6) is 5.75 Å². The second kappa shape index (κ2) is 16.5. The van der Waals surface area contributed by atoms with E-state index in [9.17, 15) is 5.11 Å². The molecular weight excluding hydrogens is 336 g/mol. The molecule has 0 saturated carbocycles. The first-order valence-electron chi connectivity index (χ1n) is 11.2. The highest BCUT2D eigenvalue weighted by atomic mass is 32.1. The molecule has 0 aliphatic rings. The Morgan fingerprint density at radius 2 is 1.08 bits per heavy atom. The first kappa shape index (κ1) is 23.4. The standard InChI is InChI=1S/C24H42OS/c1-2-3-4-5-6-7-8-9-10-11-12-13-14-15-16-17-18-22-21-23(25)19-20-24(22)26/h19-21,25-26H,2-18H2,1H3. The van der Waals surface area contributed by atoms with Crippen molar-refractivity contribution >= 4 is 12.6 Å². The summed E-state index contributed by atoms with van der Waals surface area (Å²) in [5.41, 5.74) is 1.18. The Morgan fingerprint density at radius 3 is 1.54 bits per heavy atom. The summed E-state index contributed by atoms with van der Waals surface area (Å²) in [5, 5.41) is 9.54. The van der Waals surface area contributed by atoms with Gasteiger partial charge in [-0.05, 0) is 36.6 Å². The van der Waals surface area contributed by atoms with Crippen LogP contribution in [-0.2, 0) is 6.42 Å². The van der Waals surface area contributed by atoms with E-state index >= 15 is 0 Å². The van der Waals surface area contributed by atoms with E-state index in [1.807, 2.05) is 12.1 Å². The number of phenols is 1. The molecule has 1 aromatic carbocycles. The Morgan fingerprint density at radius 1 is 0.654 bits per heavy atom. The molecule has 0 amide bonds. The predicted molar refractivity (Wildman–Crippen MR) is 119 cm³/mol. The number of benzene rings is 1. The number of aryl methyl sites for hydroxylation is 1. The van der Waals surface area contributed by atoms with E-state index in [0.717, 1.165) is 11.3 Å². The zero-order valence-electron chi connectivity index (χ0n) is 17.1. The van der Waals surface area contributed by atoms with Gasteiger partial charge in [0.25, 0.3) is 0 Å². The molecular formula is C24H42OS. The molecule has 1 rings (SSSR count). The fourth-order valence-electron chi connectivity index (χ4n) is 3.64. The summed E-state index contributed by atoms with van der Waals surface area (Å²) in [6.45, 7) is 2.29. The summed E-state index contributed by atoms with van der Waals surface area (Å²) in [7, 11) is 0. The summed E-state index contributed by atoms with van der Waals surface area (Å²) < 4.78 is 0. The Hall–Kier alpha value is -0.630. The highest BCUT2D eigenvalue weighted by molar-refractivity contribution is 7.80. The highest BCUT2D eigenvalue weighted by Crippen LogP contribution is 2.22. The fourth-order valence-corrected chi connectivity index (χ4v) is 3.89. The van der Waals surface area contributed by atoms with Gasteiger partial charge in [-0.25, -0.2) is 0 Å². The Kier molecular flexibility index (Phi) is 14.9. The van der Waals surface area contributed by atoms with E-state index in [1.165, 1.54) is 108 Å². The number of thiol groups is 1. The molecule has 0 bridgehead atoms. The molecule has 0 aromatic heterocycles. The van der Waals surface area contributed by atoms with Crippen molar-refractivity contribution in [2.24, 2.45) is 0 Å². The predicted octanol–water partition coefficient (Wildman–Crippen LogP) is 8.48. The van der Waals surface area contributed by atoms with Gasteiger partial charge in [-0.1, -0.05) is 103 Å². The van der Waals surface area contributed by atoms with Crippen LogP contribution in [-0.4, -0.2) is 5.11 Å². The zero-order valence-corrected chi connectivity index (χ0v) is 18.0. The summed E-state index contributed by atoms with van der Waals surface area (Å²) >= 11 is 4.47. The van der Waals surface area contributed by atoms with Crippen LogP contribution in [0.4, 0.5) is 0 Å². The lowest BCUT2D eigenvalue weighted by atomic mass is 10.0. The summed E-state index contributed by atoms with van der Waals surface area (Å²) in [6.07, 6.45) is 23.4. The van der Waals surface area contributed by atoms with Gasteiger partial charge in [-0.15, -0.1) is 12.6 Å². The van der Waals surface area contributed by atoms with Crippen LogP contribution in [0.1, 0.15) is 115 Å². The van der Waals surface area contributed by atoms with Crippen LogP contribution in [0.15, 0.2) is 23.1 Å². The van der Waals surface area contributed by atoms with Gasteiger partial charge in [0.2, 0.25) is 0 Å². The first-order valence-corrected chi connectivity index (χ1v) is 11.7. The molecule has 150 valence electrons. The van der Waals surface area contributed by atoms with Gasteiger partial charge in [0.1, 0.15) is 5.75 Å². The normalized spacial score (nSPS) is 11.2. The average Bonchev–Trinajstić information content (AvgIpc) is 2.64. The minimum Gasteiger partial charge on any atom is -0.508 e. The number of hydrogen-bond acceptors (Lipinski definition) is 2. The van der Waals surface area contributed by atoms with Gasteiger partial charge in [0.15, 0.2) is 0 Å². The van der Waals surface area contributed by atoms with E-state index in [1.54, 1.807) is 6.07 Å². The third-order valence-electron chi connectivity index (χ3n) is 5.36. The van der Waals surface area contributed by atoms with E-state index in [2.05, 4.69) is 19.6 Å². The summed E-state index contributed by atoms with van der Waals surface area (Å²) in [6, 6.07) is 5.45. The van der Waals surface area contributed by atoms with E-state index < -0.39 is 0 Å². The molecule has 0 saturated heterocycles. The molecule has 1 nitrogen and oxygen atoms in total. The van der Waals surface area contributed by atoms with E-state index in [4.69, 9.17) is 0 Å². The van der Waals surface area contributed by atoms with Crippen molar-refractivity contribution in [3.05, 3.63) is 23.8 Å². The van der Waals surface area contributed by atoms with Crippen molar-refractivity contribution < 1.29 is 5.11 Å². The zero-order chi connectivity index (χ0) is 18.9. The lowest BCUT2D eigenvalue weighted by Gasteiger charge is -2.06. The van der Waals surface area contributed by atoms with Gasteiger partial charge in [-0.2, -0.15) is 0 Å². The number of phenolic OH excluding ortho intramolecular Hbond substituents is 1. The maximum Gasteiger partial charge on any atom is 0.115 e. The maximum absolute atomic E-state index is 9.54. The highest BCUT2D eigenvalue weighted by Gasteiger charge is 2.01. The molecule has 0 radical (unpaired) electrons. The molecule has 0 aliphatic carbocycles. The summed E-state index contributed by atoms with van der Waals surface area (Å²) in [4.78, 5) is 1.00. The van der Waals surface area contributed by atoms with Gasteiger partial charge < -0.3 is 5.11 Å². The lowest BCUT2D eigenvalue weighted by molar-refractivity contribution is 0.473. The average molecular weight is 379 g/mol. The van der Waals surface area contributed by atoms with Gasteiger partial charge in [-0.3, -0.25) is 0 Å².